The van der Waals surface area contributed by atoms with E-state index in [1.165, 1.54) is 0 Å². The molecule has 2 rings (SSSR count). The molecule has 0 amide bonds. The average Bonchev–Trinajstić information content (AvgIpc) is 2.49. The zero-order valence-corrected chi connectivity index (χ0v) is 6.74. The molecule has 0 radical (unpaired) electrons. The van der Waals surface area contributed by atoms with Crippen LogP contribution in [-0.2, 0) is 6.61 Å². The fraction of sp³-hybridized carbons (Fsp3) is 0.222. The third kappa shape index (κ3) is 0.987. The molecule has 0 fully saturated rings. The zero-order chi connectivity index (χ0) is 8.55. The number of rotatable bonds is 1. The predicted molar refractivity (Wildman–Crippen MR) is 44.7 cm³/mol. The summed E-state index contributed by atoms with van der Waals surface area (Å²) >= 11 is 0. The first-order valence-electron chi connectivity index (χ1n) is 3.77. The highest BCUT2D eigenvalue weighted by Gasteiger charge is 2.05. The van der Waals surface area contributed by atoms with Gasteiger partial charge in [0, 0.05) is 0 Å². The second-order valence-electron chi connectivity index (χ2n) is 2.69. The second-order valence-corrected chi connectivity index (χ2v) is 2.69. The third-order valence-corrected chi connectivity index (χ3v) is 1.80. The highest BCUT2D eigenvalue weighted by molar-refractivity contribution is 5.76. The molecule has 0 bridgehead atoms. The van der Waals surface area contributed by atoms with Gasteiger partial charge < -0.3 is 9.52 Å². The third-order valence-electron chi connectivity index (χ3n) is 1.80. The fourth-order valence-electron chi connectivity index (χ4n) is 1.20. The van der Waals surface area contributed by atoms with Crippen molar-refractivity contribution in [2.75, 3.05) is 0 Å². The van der Waals surface area contributed by atoms with Gasteiger partial charge in [-0.25, -0.2) is 4.98 Å². The van der Waals surface area contributed by atoms with E-state index in [9.17, 15) is 0 Å². The van der Waals surface area contributed by atoms with Gasteiger partial charge in [-0.05, 0) is 18.6 Å². The molecule has 0 aliphatic rings. The SMILES string of the molecule is Cc1cccc2oc(CO)nc12. The van der Waals surface area contributed by atoms with Crippen LogP contribution in [0.25, 0.3) is 11.1 Å². The normalized spacial score (nSPS) is 10.8. The van der Waals surface area contributed by atoms with Crippen molar-refractivity contribution in [3.8, 4) is 0 Å². The van der Waals surface area contributed by atoms with Gasteiger partial charge in [0.15, 0.2) is 5.58 Å². The zero-order valence-electron chi connectivity index (χ0n) is 6.74. The summed E-state index contributed by atoms with van der Waals surface area (Å²) in [5.41, 5.74) is 2.64. The number of hydrogen-bond acceptors (Lipinski definition) is 3. The van der Waals surface area contributed by atoms with Crippen LogP contribution in [0.4, 0.5) is 0 Å². The fourth-order valence-corrected chi connectivity index (χ4v) is 1.20. The van der Waals surface area contributed by atoms with Crippen molar-refractivity contribution in [2.45, 2.75) is 13.5 Å². The lowest BCUT2D eigenvalue weighted by molar-refractivity contribution is 0.244. The summed E-state index contributed by atoms with van der Waals surface area (Å²) in [5, 5.41) is 8.77. The number of hydrogen-bond donors (Lipinski definition) is 1. The van der Waals surface area contributed by atoms with Crippen molar-refractivity contribution in [1.82, 2.24) is 4.98 Å². The molecule has 62 valence electrons. The molecule has 0 atom stereocenters. The van der Waals surface area contributed by atoms with Gasteiger partial charge in [0.1, 0.15) is 12.1 Å². The summed E-state index contributed by atoms with van der Waals surface area (Å²) in [7, 11) is 0. The van der Waals surface area contributed by atoms with E-state index in [1.54, 1.807) is 0 Å². The van der Waals surface area contributed by atoms with Gasteiger partial charge in [-0.15, -0.1) is 0 Å². The number of aliphatic hydroxyl groups is 1. The van der Waals surface area contributed by atoms with E-state index in [2.05, 4.69) is 4.98 Å². The molecular formula is C9H9NO2. The maximum Gasteiger partial charge on any atom is 0.221 e. The maximum atomic E-state index is 8.77. The lowest BCUT2D eigenvalue weighted by atomic mass is 10.2. The monoisotopic (exact) mass is 163 g/mol. The van der Waals surface area contributed by atoms with Gasteiger partial charge in [0.25, 0.3) is 0 Å². The molecule has 0 spiro atoms. The Balaban J connectivity index is 2.74. The first kappa shape index (κ1) is 7.31. The number of para-hydroxylation sites is 1. The summed E-state index contributed by atoms with van der Waals surface area (Å²) in [6.07, 6.45) is 0. The molecular weight excluding hydrogens is 154 g/mol. The standard InChI is InChI=1S/C9H9NO2/c1-6-3-2-4-7-9(6)10-8(5-11)12-7/h2-4,11H,5H2,1H3. The van der Waals surface area contributed by atoms with E-state index in [1.807, 2.05) is 25.1 Å². The molecule has 1 aromatic carbocycles. The predicted octanol–water partition coefficient (Wildman–Crippen LogP) is 1.63. The summed E-state index contributed by atoms with van der Waals surface area (Å²) in [6, 6.07) is 5.71. The van der Waals surface area contributed by atoms with E-state index in [4.69, 9.17) is 9.52 Å². The minimum Gasteiger partial charge on any atom is -0.438 e. The van der Waals surface area contributed by atoms with Gasteiger partial charge >= 0.3 is 0 Å². The van der Waals surface area contributed by atoms with E-state index in [0.29, 0.717) is 5.89 Å². The van der Waals surface area contributed by atoms with Crippen molar-refractivity contribution in [3.63, 3.8) is 0 Å². The van der Waals surface area contributed by atoms with E-state index < -0.39 is 0 Å². The molecule has 3 heteroatoms. The number of nitrogens with zero attached hydrogens (tertiary/aromatic N) is 1. The van der Waals surface area contributed by atoms with E-state index >= 15 is 0 Å². The number of fused-ring (bicyclic) bond motifs is 1. The Morgan fingerprint density at radius 1 is 1.50 bits per heavy atom. The Hall–Kier alpha value is -1.35. The van der Waals surface area contributed by atoms with Gasteiger partial charge in [0.2, 0.25) is 5.89 Å². The highest BCUT2D eigenvalue weighted by atomic mass is 16.4. The van der Waals surface area contributed by atoms with Gasteiger partial charge in [-0.3, -0.25) is 0 Å². The van der Waals surface area contributed by atoms with Crippen LogP contribution in [0.3, 0.4) is 0 Å². The van der Waals surface area contributed by atoms with E-state index in [-0.39, 0.29) is 6.61 Å². The molecule has 0 aliphatic heterocycles. The lowest BCUT2D eigenvalue weighted by Crippen LogP contribution is -1.80. The first-order chi connectivity index (χ1) is 5.81. The Morgan fingerprint density at radius 3 is 3.00 bits per heavy atom. The minimum absolute atomic E-state index is 0.145. The molecule has 2 aromatic rings. The molecule has 0 saturated heterocycles. The number of aromatic nitrogens is 1. The van der Waals surface area contributed by atoms with Gasteiger partial charge in [0.05, 0.1) is 0 Å². The van der Waals surface area contributed by atoms with Crippen molar-refractivity contribution >= 4 is 11.1 Å². The molecule has 3 nitrogen and oxygen atoms in total. The van der Waals surface area contributed by atoms with Crippen LogP contribution in [0.15, 0.2) is 22.6 Å². The van der Waals surface area contributed by atoms with Crippen LogP contribution in [0.1, 0.15) is 11.5 Å². The van der Waals surface area contributed by atoms with Crippen LogP contribution >= 0.6 is 0 Å². The Bertz CT molecular complexity index is 406. The molecule has 12 heavy (non-hydrogen) atoms. The van der Waals surface area contributed by atoms with Gasteiger partial charge in [-0.2, -0.15) is 0 Å². The largest absolute Gasteiger partial charge is 0.438 e. The molecule has 0 aliphatic carbocycles. The number of aliphatic hydroxyl groups excluding tert-OH is 1. The molecule has 1 heterocycles. The Kier molecular flexibility index (Phi) is 1.59. The molecule has 0 saturated carbocycles. The lowest BCUT2D eigenvalue weighted by Gasteiger charge is -1.88. The second kappa shape index (κ2) is 2.60. The van der Waals surface area contributed by atoms with Gasteiger partial charge in [-0.1, -0.05) is 12.1 Å². The van der Waals surface area contributed by atoms with Crippen molar-refractivity contribution in [1.29, 1.82) is 0 Å². The number of oxazole rings is 1. The summed E-state index contributed by atoms with van der Waals surface area (Å²) in [4.78, 5) is 4.11. The first-order valence-corrected chi connectivity index (χ1v) is 3.77. The summed E-state index contributed by atoms with van der Waals surface area (Å²) < 4.78 is 5.24. The molecule has 1 aromatic heterocycles. The Morgan fingerprint density at radius 2 is 2.33 bits per heavy atom. The Labute approximate surface area is 69.7 Å². The minimum atomic E-state index is -0.145. The highest BCUT2D eigenvalue weighted by Crippen LogP contribution is 2.18. The van der Waals surface area contributed by atoms with Crippen LogP contribution in [0, 0.1) is 6.92 Å². The van der Waals surface area contributed by atoms with Crippen LogP contribution in [0.5, 0.6) is 0 Å². The molecule has 1 N–H and O–H groups in total. The average molecular weight is 163 g/mol. The van der Waals surface area contributed by atoms with Crippen LogP contribution in [0.2, 0.25) is 0 Å². The molecule has 0 unspecified atom stereocenters. The summed E-state index contributed by atoms with van der Waals surface area (Å²) in [6.45, 7) is 1.82. The van der Waals surface area contributed by atoms with Crippen LogP contribution in [-0.4, -0.2) is 10.1 Å². The van der Waals surface area contributed by atoms with Crippen LogP contribution < -0.4 is 0 Å². The number of aryl methyl sites for hydroxylation is 1. The van der Waals surface area contributed by atoms with Crippen molar-refractivity contribution in [2.24, 2.45) is 0 Å². The van der Waals surface area contributed by atoms with E-state index in [0.717, 1.165) is 16.7 Å². The smallest absolute Gasteiger partial charge is 0.221 e. The quantitative estimate of drug-likeness (QED) is 0.695. The number of benzene rings is 1. The van der Waals surface area contributed by atoms with Crippen molar-refractivity contribution < 1.29 is 9.52 Å². The maximum absolute atomic E-state index is 8.77. The summed E-state index contributed by atoms with van der Waals surface area (Å²) in [5.74, 6) is 0.374. The topological polar surface area (TPSA) is 46.3 Å². The van der Waals surface area contributed by atoms with Crippen molar-refractivity contribution in [3.05, 3.63) is 29.7 Å².